The second-order valence-electron chi connectivity index (χ2n) is 10.8. The Balaban J connectivity index is 1.80. The van der Waals surface area contributed by atoms with Crippen LogP contribution in [0.3, 0.4) is 0 Å². The van der Waals surface area contributed by atoms with Crippen LogP contribution in [0.1, 0.15) is 58.2 Å². The van der Waals surface area contributed by atoms with E-state index in [4.69, 9.17) is 14.2 Å². The molecule has 0 saturated carbocycles. The van der Waals surface area contributed by atoms with E-state index >= 15 is 0 Å². The van der Waals surface area contributed by atoms with E-state index in [1.54, 1.807) is 24.7 Å². The lowest BCUT2D eigenvalue weighted by Gasteiger charge is -2.25. The molecule has 8 heteroatoms. The van der Waals surface area contributed by atoms with Crippen molar-refractivity contribution in [3.8, 4) is 11.5 Å². The number of hydrogen-bond donors (Lipinski definition) is 0. The van der Waals surface area contributed by atoms with E-state index in [1.807, 2.05) is 74.5 Å². The summed E-state index contributed by atoms with van der Waals surface area (Å²) >= 11 is 1.29. The Hall–Kier alpha value is -3.91. The molecular weight excluding hydrogens is 536 g/mol. The fourth-order valence-electron chi connectivity index (χ4n) is 4.42. The Morgan fingerprint density at radius 2 is 1.83 bits per heavy atom. The highest BCUT2D eigenvalue weighted by molar-refractivity contribution is 7.07. The number of ether oxygens (including phenoxy) is 3. The predicted molar refractivity (Wildman–Crippen MR) is 164 cm³/mol. The van der Waals surface area contributed by atoms with Crippen LogP contribution in [-0.2, 0) is 9.53 Å². The third-order valence-corrected chi connectivity index (χ3v) is 7.58. The maximum atomic E-state index is 13.8. The quantitative estimate of drug-likeness (QED) is 0.281. The molecule has 4 rings (SSSR count). The lowest BCUT2D eigenvalue weighted by atomic mass is 9.95. The van der Waals surface area contributed by atoms with Crippen molar-refractivity contribution in [3.05, 3.63) is 96.7 Å². The summed E-state index contributed by atoms with van der Waals surface area (Å²) in [5.41, 5.74) is 2.36. The van der Waals surface area contributed by atoms with Gasteiger partial charge in [-0.15, -0.1) is 0 Å². The SMILES string of the molecule is COc1cc(C2C(C(=O)OCC(C)C)=C(C)N=c3sc(=CC=Cc4ccccc4)c(=O)n32)ccc1OCCC(C)C. The van der Waals surface area contributed by atoms with Crippen LogP contribution in [-0.4, -0.2) is 30.9 Å². The number of thiazole rings is 1. The lowest BCUT2D eigenvalue weighted by molar-refractivity contribution is -0.140. The van der Waals surface area contributed by atoms with Crippen molar-refractivity contribution in [2.24, 2.45) is 16.8 Å². The molecule has 0 saturated heterocycles. The van der Waals surface area contributed by atoms with E-state index in [-0.39, 0.29) is 18.1 Å². The molecule has 1 aromatic heterocycles. The highest BCUT2D eigenvalue weighted by atomic mass is 32.1. The molecule has 2 heterocycles. The molecule has 0 amide bonds. The van der Waals surface area contributed by atoms with Crippen LogP contribution in [0, 0.1) is 11.8 Å². The van der Waals surface area contributed by atoms with E-state index < -0.39 is 12.0 Å². The minimum absolute atomic E-state index is 0.165. The number of benzene rings is 2. The van der Waals surface area contributed by atoms with Gasteiger partial charge in [0.1, 0.15) is 0 Å². The number of carbonyl (C=O) groups excluding carboxylic acids is 1. The molecule has 2 aromatic carbocycles. The van der Waals surface area contributed by atoms with Gasteiger partial charge in [-0.3, -0.25) is 9.36 Å². The third-order valence-electron chi connectivity index (χ3n) is 6.58. The fourth-order valence-corrected chi connectivity index (χ4v) is 5.42. The summed E-state index contributed by atoms with van der Waals surface area (Å²) in [6.07, 6.45) is 6.50. The van der Waals surface area contributed by atoms with Gasteiger partial charge >= 0.3 is 5.97 Å². The van der Waals surface area contributed by atoms with Gasteiger partial charge in [0.25, 0.3) is 5.56 Å². The maximum absolute atomic E-state index is 13.8. The minimum Gasteiger partial charge on any atom is -0.493 e. The summed E-state index contributed by atoms with van der Waals surface area (Å²) < 4.78 is 19.4. The number of rotatable bonds is 11. The summed E-state index contributed by atoms with van der Waals surface area (Å²) in [5.74, 6) is 1.33. The van der Waals surface area contributed by atoms with Crippen LogP contribution in [0.5, 0.6) is 11.5 Å². The van der Waals surface area contributed by atoms with Gasteiger partial charge in [0, 0.05) is 0 Å². The van der Waals surface area contributed by atoms with Crippen molar-refractivity contribution in [1.29, 1.82) is 0 Å². The van der Waals surface area contributed by atoms with Gasteiger partial charge in [-0.25, -0.2) is 9.79 Å². The Morgan fingerprint density at radius 3 is 2.51 bits per heavy atom. The minimum atomic E-state index is -0.732. The van der Waals surface area contributed by atoms with Crippen molar-refractivity contribution in [2.75, 3.05) is 20.3 Å². The summed E-state index contributed by atoms with van der Waals surface area (Å²) in [5, 5.41) is 0. The Bertz CT molecular complexity index is 1610. The molecule has 0 radical (unpaired) electrons. The first-order chi connectivity index (χ1) is 19.7. The van der Waals surface area contributed by atoms with E-state index in [0.717, 1.165) is 12.0 Å². The molecule has 0 N–H and O–H groups in total. The third kappa shape index (κ3) is 7.24. The smallest absolute Gasteiger partial charge is 0.338 e. The van der Waals surface area contributed by atoms with Crippen molar-refractivity contribution in [2.45, 2.75) is 47.1 Å². The molecule has 1 unspecified atom stereocenters. The van der Waals surface area contributed by atoms with Gasteiger partial charge < -0.3 is 14.2 Å². The normalized spacial score (nSPS) is 15.4. The van der Waals surface area contributed by atoms with Crippen molar-refractivity contribution in [1.82, 2.24) is 4.57 Å². The fraction of sp³-hybridized carbons (Fsp3) is 0.364. The molecule has 7 nitrogen and oxygen atoms in total. The molecule has 1 atom stereocenters. The topological polar surface area (TPSA) is 79.1 Å². The van der Waals surface area contributed by atoms with Crippen molar-refractivity contribution < 1.29 is 19.0 Å². The van der Waals surface area contributed by atoms with Gasteiger partial charge in [0.15, 0.2) is 16.3 Å². The Morgan fingerprint density at radius 1 is 1.07 bits per heavy atom. The van der Waals surface area contributed by atoms with Gasteiger partial charge in [0.05, 0.1) is 42.2 Å². The van der Waals surface area contributed by atoms with Crippen LogP contribution in [0.15, 0.2) is 75.7 Å². The Kier molecular flexibility index (Phi) is 10.00. The molecular formula is C33H38N2O5S. The highest BCUT2D eigenvalue weighted by Crippen LogP contribution is 2.36. The molecule has 41 heavy (non-hydrogen) atoms. The van der Waals surface area contributed by atoms with Crippen LogP contribution < -0.4 is 24.4 Å². The molecule has 0 aliphatic carbocycles. The number of aromatic nitrogens is 1. The molecule has 216 valence electrons. The summed E-state index contributed by atoms with van der Waals surface area (Å²) in [6, 6.07) is 14.7. The first-order valence-electron chi connectivity index (χ1n) is 13.9. The second kappa shape index (κ2) is 13.6. The van der Waals surface area contributed by atoms with E-state index in [1.165, 1.54) is 11.3 Å². The molecule has 0 spiro atoms. The van der Waals surface area contributed by atoms with Crippen LogP contribution in [0.2, 0.25) is 0 Å². The zero-order valence-corrected chi connectivity index (χ0v) is 25.4. The van der Waals surface area contributed by atoms with E-state index in [2.05, 4.69) is 18.8 Å². The molecule has 0 bridgehead atoms. The Labute approximate surface area is 245 Å². The summed E-state index contributed by atoms with van der Waals surface area (Å²) in [4.78, 5) is 32.5. The lowest BCUT2D eigenvalue weighted by Crippen LogP contribution is -2.40. The molecule has 1 aliphatic rings. The van der Waals surface area contributed by atoms with Gasteiger partial charge in [-0.2, -0.15) is 0 Å². The number of hydrogen-bond acceptors (Lipinski definition) is 7. The van der Waals surface area contributed by atoms with E-state index in [9.17, 15) is 9.59 Å². The monoisotopic (exact) mass is 574 g/mol. The summed E-state index contributed by atoms with van der Waals surface area (Å²) in [6.45, 7) is 10.9. The van der Waals surface area contributed by atoms with Crippen LogP contribution in [0.4, 0.5) is 0 Å². The van der Waals surface area contributed by atoms with Gasteiger partial charge in [0.2, 0.25) is 0 Å². The average Bonchev–Trinajstić information content (AvgIpc) is 3.25. The number of allylic oxidation sites excluding steroid dienone is 2. The first kappa shape index (κ1) is 30.1. The van der Waals surface area contributed by atoms with Crippen molar-refractivity contribution in [3.63, 3.8) is 0 Å². The van der Waals surface area contributed by atoms with Crippen molar-refractivity contribution >= 4 is 29.5 Å². The number of carbonyl (C=O) groups is 1. The van der Waals surface area contributed by atoms with Crippen LogP contribution in [0.25, 0.3) is 12.2 Å². The molecule has 0 fully saturated rings. The largest absolute Gasteiger partial charge is 0.493 e. The van der Waals surface area contributed by atoms with Crippen LogP contribution >= 0.6 is 11.3 Å². The number of fused-ring (bicyclic) bond motifs is 1. The zero-order valence-electron chi connectivity index (χ0n) is 24.5. The standard InChI is InChI=1S/C33H38N2O5S/c1-21(2)17-18-39-26-16-15-25(19-27(26)38-6)30-29(32(37)40-20-22(3)4)23(5)34-33-35(30)31(36)28(41-33)14-10-13-24-11-8-7-9-12-24/h7-16,19,21-22,30H,17-18,20H2,1-6H3. The zero-order chi connectivity index (χ0) is 29.5. The average molecular weight is 575 g/mol. The van der Waals surface area contributed by atoms with Gasteiger partial charge in [-0.05, 0) is 54.5 Å². The maximum Gasteiger partial charge on any atom is 0.338 e. The number of esters is 1. The van der Waals surface area contributed by atoms with Gasteiger partial charge in [-0.1, -0.05) is 87.6 Å². The second-order valence-corrected chi connectivity index (χ2v) is 11.8. The predicted octanol–water partition coefficient (Wildman–Crippen LogP) is 5.53. The number of nitrogens with zero attached hydrogens (tertiary/aromatic N) is 2. The van der Waals surface area contributed by atoms with E-state index in [0.29, 0.717) is 50.2 Å². The highest BCUT2D eigenvalue weighted by Gasteiger charge is 2.34. The number of methoxy groups -OCH3 is 1. The molecule has 1 aliphatic heterocycles. The molecule has 3 aromatic rings. The first-order valence-corrected chi connectivity index (χ1v) is 14.7. The summed E-state index contributed by atoms with van der Waals surface area (Å²) in [7, 11) is 1.58.